The lowest BCUT2D eigenvalue weighted by molar-refractivity contribution is 0.0425. The van der Waals surface area contributed by atoms with E-state index in [0.29, 0.717) is 0 Å². The van der Waals surface area contributed by atoms with Gasteiger partial charge in [-0.3, -0.25) is 0 Å². The summed E-state index contributed by atoms with van der Waals surface area (Å²) in [4.78, 5) is 0.0538. The molecule has 1 nitrogen and oxygen atoms in total. The Kier molecular flexibility index (Phi) is 2.75. The number of rotatable bonds is 1. The van der Waals surface area contributed by atoms with Gasteiger partial charge < -0.3 is 4.74 Å². The SMILES string of the molecule is [B][SiH2]C1(P)CCCCO1. The molecule has 2 radical (unpaired) electrons. The fraction of sp³-hybridized carbons (Fsp3) is 1.00. The van der Waals surface area contributed by atoms with Crippen LogP contribution >= 0.6 is 9.24 Å². The van der Waals surface area contributed by atoms with Crippen molar-refractivity contribution in [3.8, 4) is 0 Å². The first-order chi connectivity index (χ1) is 4.27. The highest BCUT2D eigenvalue weighted by Crippen LogP contribution is 2.28. The fourth-order valence-corrected chi connectivity index (χ4v) is 2.07. The van der Waals surface area contributed by atoms with Crippen LogP contribution in [0.25, 0.3) is 0 Å². The highest BCUT2D eigenvalue weighted by atomic mass is 31.0. The molecule has 1 fully saturated rings. The third kappa shape index (κ3) is 2.07. The molecule has 4 heteroatoms. The van der Waals surface area contributed by atoms with Gasteiger partial charge in [0.25, 0.3) is 0 Å². The van der Waals surface area contributed by atoms with E-state index in [2.05, 4.69) is 9.24 Å². The summed E-state index contributed by atoms with van der Waals surface area (Å²) in [7, 11) is 7.90. The minimum Gasteiger partial charge on any atom is -0.376 e. The standard InChI is InChI=1S/C5H12BOPSi/c6-9-5(8)3-1-2-4-7-5/h1-4,8-9H2. The summed E-state index contributed by atoms with van der Waals surface area (Å²) >= 11 is 0. The summed E-state index contributed by atoms with van der Waals surface area (Å²) in [6, 6.07) is 0. The van der Waals surface area contributed by atoms with Crippen molar-refractivity contribution in [3.63, 3.8) is 0 Å². The zero-order chi connectivity index (χ0) is 6.74. The Bertz CT molecular complexity index is 95.0. The van der Waals surface area contributed by atoms with Gasteiger partial charge in [0.2, 0.25) is 0 Å². The lowest BCUT2D eigenvalue weighted by Gasteiger charge is -2.32. The zero-order valence-electron chi connectivity index (χ0n) is 5.60. The molecule has 2 atom stereocenters. The fourth-order valence-electron chi connectivity index (χ4n) is 1.03. The monoisotopic (exact) mass is 158 g/mol. The molecule has 0 saturated carbocycles. The van der Waals surface area contributed by atoms with Crippen LogP contribution in [-0.2, 0) is 4.74 Å². The molecular weight excluding hydrogens is 146 g/mol. The summed E-state index contributed by atoms with van der Waals surface area (Å²) in [5.41, 5.74) is 0. The first-order valence-electron chi connectivity index (χ1n) is 3.40. The van der Waals surface area contributed by atoms with E-state index >= 15 is 0 Å². The molecule has 0 aromatic carbocycles. The highest BCUT2D eigenvalue weighted by molar-refractivity contribution is 7.26. The molecule has 0 spiro atoms. The summed E-state index contributed by atoms with van der Waals surface area (Å²) in [5, 5.41) is 0. The molecule has 1 aliphatic rings. The van der Waals surface area contributed by atoms with Gasteiger partial charge in [0.1, 0.15) is 0 Å². The smallest absolute Gasteiger partial charge is 0.0567 e. The molecule has 1 aliphatic heterocycles. The van der Waals surface area contributed by atoms with E-state index < -0.39 is 9.39 Å². The van der Waals surface area contributed by atoms with E-state index in [1.807, 2.05) is 0 Å². The van der Waals surface area contributed by atoms with Gasteiger partial charge >= 0.3 is 0 Å². The van der Waals surface area contributed by atoms with Gasteiger partial charge in [-0.15, -0.1) is 9.24 Å². The van der Waals surface area contributed by atoms with Crippen LogP contribution in [-0.4, -0.2) is 28.4 Å². The molecule has 1 rings (SSSR count). The first kappa shape index (κ1) is 7.78. The summed E-state index contributed by atoms with van der Waals surface area (Å²) in [5.74, 6) is 0. The second kappa shape index (κ2) is 3.18. The maximum atomic E-state index is 5.63. The average molecular weight is 158 g/mol. The van der Waals surface area contributed by atoms with Gasteiger partial charge in [-0.05, 0) is 19.3 Å². The summed E-state index contributed by atoms with van der Waals surface area (Å²) < 4.78 is 5.51. The predicted octanol–water partition coefficient (Wildman–Crippen LogP) is -0.0319. The van der Waals surface area contributed by atoms with E-state index in [9.17, 15) is 0 Å². The summed E-state index contributed by atoms with van der Waals surface area (Å²) in [6.07, 6.45) is 3.65. The molecule has 9 heavy (non-hydrogen) atoms. The quantitative estimate of drug-likeness (QED) is 0.384. The predicted molar refractivity (Wildman–Crippen MR) is 46.5 cm³/mol. The van der Waals surface area contributed by atoms with Crippen molar-refractivity contribution in [1.29, 1.82) is 0 Å². The first-order valence-corrected chi connectivity index (χ1v) is 5.50. The second-order valence-corrected chi connectivity index (χ2v) is 6.05. The molecule has 0 amide bonds. The normalized spacial score (nSPS) is 37.9. The lowest BCUT2D eigenvalue weighted by Crippen LogP contribution is -2.36. The number of hydrogen-bond donors (Lipinski definition) is 0. The van der Waals surface area contributed by atoms with Crippen molar-refractivity contribution in [2.24, 2.45) is 0 Å². The summed E-state index contributed by atoms with van der Waals surface area (Å²) in [6.45, 7) is 0.910. The number of hydrogen-bond acceptors (Lipinski definition) is 1. The van der Waals surface area contributed by atoms with Crippen molar-refractivity contribution in [2.75, 3.05) is 6.61 Å². The van der Waals surface area contributed by atoms with Crippen LogP contribution in [0.15, 0.2) is 0 Å². The van der Waals surface area contributed by atoms with Crippen LogP contribution in [0.3, 0.4) is 0 Å². The molecule has 0 aromatic rings. The lowest BCUT2D eigenvalue weighted by atomic mass is 10.2. The minimum atomic E-state index is -0.488. The van der Waals surface area contributed by atoms with Crippen LogP contribution in [0.2, 0.25) is 0 Å². The molecule has 0 bridgehead atoms. The van der Waals surface area contributed by atoms with E-state index in [0.717, 1.165) is 13.0 Å². The van der Waals surface area contributed by atoms with E-state index in [1.165, 1.54) is 12.8 Å². The number of ether oxygens (including phenoxy) is 1. The maximum Gasteiger partial charge on any atom is 0.0567 e. The van der Waals surface area contributed by atoms with Gasteiger partial charge in [-0.25, -0.2) is 0 Å². The van der Waals surface area contributed by atoms with Gasteiger partial charge in [0, 0.05) is 16.0 Å². The Morgan fingerprint density at radius 3 is 2.67 bits per heavy atom. The Morgan fingerprint density at radius 1 is 1.56 bits per heavy atom. The van der Waals surface area contributed by atoms with Gasteiger partial charge in [-0.2, -0.15) is 0 Å². The minimum absolute atomic E-state index is 0.0538. The largest absolute Gasteiger partial charge is 0.376 e. The van der Waals surface area contributed by atoms with Crippen molar-refractivity contribution >= 4 is 26.1 Å². The van der Waals surface area contributed by atoms with Crippen molar-refractivity contribution < 1.29 is 4.74 Å². The van der Waals surface area contributed by atoms with E-state index in [4.69, 9.17) is 12.2 Å². The third-order valence-electron chi connectivity index (χ3n) is 1.73. The van der Waals surface area contributed by atoms with Gasteiger partial charge in [-0.1, -0.05) is 0 Å². The van der Waals surface area contributed by atoms with Crippen molar-refractivity contribution in [2.45, 2.75) is 24.2 Å². The molecule has 50 valence electrons. The molecule has 1 heterocycles. The Morgan fingerprint density at radius 2 is 2.33 bits per heavy atom. The van der Waals surface area contributed by atoms with E-state index in [1.54, 1.807) is 0 Å². The topological polar surface area (TPSA) is 9.23 Å². The Labute approximate surface area is 62.3 Å². The van der Waals surface area contributed by atoms with Gasteiger partial charge in [0.15, 0.2) is 0 Å². The molecule has 0 aromatic heterocycles. The Hall–Kier alpha value is 0.672. The Balaban J connectivity index is 2.37. The molecule has 0 aliphatic carbocycles. The van der Waals surface area contributed by atoms with Crippen LogP contribution in [0.4, 0.5) is 0 Å². The molecule has 2 unspecified atom stereocenters. The second-order valence-electron chi connectivity index (χ2n) is 2.57. The highest BCUT2D eigenvalue weighted by Gasteiger charge is 2.24. The van der Waals surface area contributed by atoms with Crippen LogP contribution in [0, 0.1) is 0 Å². The van der Waals surface area contributed by atoms with Crippen molar-refractivity contribution in [1.82, 2.24) is 0 Å². The van der Waals surface area contributed by atoms with Crippen LogP contribution in [0.1, 0.15) is 19.3 Å². The average Bonchev–Trinajstić information content (AvgIpc) is 1.90. The molecule has 1 saturated heterocycles. The molecular formula is C5H12BOPSi. The maximum absolute atomic E-state index is 5.63. The zero-order valence-corrected chi connectivity index (χ0v) is 8.17. The van der Waals surface area contributed by atoms with E-state index in [-0.39, 0.29) is 4.97 Å². The molecule has 0 N–H and O–H groups in total. The van der Waals surface area contributed by atoms with Crippen LogP contribution in [0.5, 0.6) is 0 Å². The van der Waals surface area contributed by atoms with Crippen LogP contribution < -0.4 is 0 Å². The third-order valence-corrected chi connectivity index (χ3v) is 4.14. The van der Waals surface area contributed by atoms with Gasteiger partial charge in [0.05, 0.1) is 12.4 Å². The van der Waals surface area contributed by atoms with Crippen molar-refractivity contribution in [3.05, 3.63) is 0 Å².